The summed E-state index contributed by atoms with van der Waals surface area (Å²) in [7, 11) is 0. The van der Waals surface area contributed by atoms with Crippen molar-refractivity contribution in [3.05, 3.63) is 23.3 Å². The number of carbonyl (C=O) groups is 1. The van der Waals surface area contributed by atoms with Crippen LogP contribution in [0.3, 0.4) is 0 Å². The Morgan fingerprint density at radius 1 is 1.21 bits per heavy atom. The zero-order valence-corrected chi connectivity index (χ0v) is 20.5. The number of amides is 1. The lowest BCUT2D eigenvalue weighted by Gasteiger charge is -2.44. The Morgan fingerprint density at radius 2 is 1.85 bits per heavy atom. The molecule has 34 heavy (non-hydrogen) atoms. The minimum absolute atomic E-state index is 0.0653. The number of hydrogen-bond donors (Lipinski definition) is 4. The molecule has 3 rings (SSSR count). The van der Waals surface area contributed by atoms with Crippen molar-refractivity contribution in [1.82, 2.24) is 5.32 Å². The Labute approximate surface area is 200 Å². The average molecular weight is 488 g/mol. The normalized spacial score (nSPS) is 36.0. The van der Waals surface area contributed by atoms with Crippen LogP contribution in [-0.2, 0) is 4.79 Å². The highest BCUT2D eigenvalue weighted by molar-refractivity contribution is 5.77. The minimum Gasteiger partial charge on any atom is -0.393 e. The SMILES string of the molecule is C[C@H](CNC(=O)C[C@@](C)(O)C(F)(F)F)[C@H]1CC[C@H]2/C(=C/C=C3C[C@@H](O)C[C@H](O)C3)CCC[C@]12C. The monoisotopic (exact) mass is 487 g/mol. The molecule has 0 heterocycles. The van der Waals surface area contributed by atoms with Crippen LogP contribution in [-0.4, -0.2) is 51.8 Å². The highest BCUT2D eigenvalue weighted by Gasteiger charge is 2.52. The van der Waals surface area contributed by atoms with E-state index in [0.717, 1.165) is 37.7 Å². The van der Waals surface area contributed by atoms with Crippen molar-refractivity contribution in [1.29, 1.82) is 0 Å². The second-order valence-corrected chi connectivity index (χ2v) is 11.3. The first-order valence-corrected chi connectivity index (χ1v) is 12.5. The summed E-state index contributed by atoms with van der Waals surface area (Å²) >= 11 is 0. The molecule has 3 aliphatic carbocycles. The Bertz CT molecular complexity index is 794. The Kier molecular flexibility index (Phi) is 8.25. The van der Waals surface area contributed by atoms with Gasteiger partial charge in [-0.15, -0.1) is 0 Å². The number of allylic oxidation sites excluding steroid dienone is 3. The second-order valence-electron chi connectivity index (χ2n) is 11.3. The van der Waals surface area contributed by atoms with Gasteiger partial charge in [-0.05, 0) is 81.5 Å². The summed E-state index contributed by atoms with van der Waals surface area (Å²) in [6.45, 7) is 5.26. The van der Waals surface area contributed by atoms with Gasteiger partial charge in [-0.25, -0.2) is 0 Å². The fraction of sp³-hybridized carbons (Fsp3) is 0.808. The van der Waals surface area contributed by atoms with Crippen LogP contribution in [0, 0.1) is 23.2 Å². The topological polar surface area (TPSA) is 89.8 Å². The maximum Gasteiger partial charge on any atom is 0.417 e. The fourth-order valence-corrected chi connectivity index (χ4v) is 6.64. The van der Waals surface area contributed by atoms with Crippen molar-refractivity contribution < 1.29 is 33.3 Å². The van der Waals surface area contributed by atoms with Crippen LogP contribution in [0.5, 0.6) is 0 Å². The van der Waals surface area contributed by atoms with Crippen molar-refractivity contribution in [2.45, 2.75) is 103 Å². The lowest BCUT2D eigenvalue weighted by molar-refractivity contribution is -0.253. The van der Waals surface area contributed by atoms with Gasteiger partial charge in [0.15, 0.2) is 5.60 Å². The molecular weight excluding hydrogens is 447 g/mol. The van der Waals surface area contributed by atoms with Gasteiger partial charge < -0.3 is 20.6 Å². The maximum atomic E-state index is 12.9. The smallest absolute Gasteiger partial charge is 0.393 e. The number of carbonyl (C=O) groups excluding carboxylic acids is 1. The van der Waals surface area contributed by atoms with E-state index in [1.165, 1.54) is 5.57 Å². The molecule has 0 saturated heterocycles. The van der Waals surface area contributed by atoms with E-state index in [4.69, 9.17) is 0 Å². The summed E-state index contributed by atoms with van der Waals surface area (Å²) in [5, 5.41) is 32.1. The second kappa shape index (κ2) is 10.3. The zero-order valence-electron chi connectivity index (χ0n) is 20.5. The number of aliphatic hydroxyl groups is 3. The van der Waals surface area contributed by atoms with E-state index >= 15 is 0 Å². The number of rotatable bonds is 6. The van der Waals surface area contributed by atoms with E-state index in [2.05, 4.69) is 24.4 Å². The van der Waals surface area contributed by atoms with Gasteiger partial charge >= 0.3 is 6.18 Å². The van der Waals surface area contributed by atoms with Crippen LogP contribution in [0.15, 0.2) is 23.3 Å². The van der Waals surface area contributed by atoms with E-state index in [1.54, 1.807) is 0 Å². The summed E-state index contributed by atoms with van der Waals surface area (Å²) in [5.41, 5.74) is -0.495. The summed E-state index contributed by atoms with van der Waals surface area (Å²) in [4.78, 5) is 12.1. The van der Waals surface area contributed by atoms with Crippen molar-refractivity contribution >= 4 is 5.91 Å². The van der Waals surface area contributed by atoms with Gasteiger partial charge in [-0.2, -0.15) is 13.2 Å². The number of aliphatic hydroxyl groups excluding tert-OH is 2. The van der Waals surface area contributed by atoms with Crippen LogP contribution >= 0.6 is 0 Å². The molecule has 1 amide bonds. The molecule has 0 aliphatic heterocycles. The summed E-state index contributed by atoms with van der Waals surface area (Å²) in [6, 6.07) is 0. The molecule has 194 valence electrons. The van der Waals surface area contributed by atoms with Crippen LogP contribution in [0.2, 0.25) is 0 Å². The van der Waals surface area contributed by atoms with Crippen molar-refractivity contribution in [3.8, 4) is 0 Å². The predicted octanol–water partition coefficient (Wildman–Crippen LogP) is 4.42. The Morgan fingerprint density at radius 3 is 2.47 bits per heavy atom. The molecule has 0 unspecified atom stereocenters. The predicted molar refractivity (Wildman–Crippen MR) is 124 cm³/mol. The largest absolute Gasteiger partial charge is 0.417 e. The van der Waals surface area contributed by atoms with Crippen LogP contribution in [0.25, 0.3) is 0 Å². The Balaban J connectivity index is 1.62. The van der Waals surface area contributed by atoms with Gasteiger partial charge in [0.05, 0.1) is 18.6 Å². The first kappa shape index (κ1) is 27.2. The molecule has 0 radical (unpaired) electrons. The molecule has 3 aliphatic rings. The molecule has 0 bridgehead atoms. The third-order valence-corrected chi connectivity index (χ3v) is 8.53. The molecule has 0 aromatic carbocycles. The van der Waals surface area contributed by atoms with E-state index in [9.17, 15) is 33.3 Å². The molecule has 7 atom stereocenters. The van der Waals surface area contributed by atoms with E-state index in [-0.39, 0.29) is 11.3 Å². The van der Waals surface area contributed by atoms with Crippen molar-refractivity contribution in [3.63, 3.8) is 0 Å². The number of alkyl halides is 3. The van der Waals surface area contributed by atoms with Crippen LogP contribution in [0.4, 0.5) is 13.2 Å². The van der Waals surface area contributed by atoms with Crippen molar-refractivity contribution in [2.24, 2.45) is 23.2 Å². The van der Waals surface area contributed by atoms with Gasteiger partial charge in [-0.1, -0.05) is 37.1 Å². The van der Waals surface area contributed by atoms with Crippen LogP contribution in [0.1, 0.15) is 78.6 Å². The number of hydrogen-bond acceptors (Lipinski definition) is 4. The molecular formula is C26H40F3NO4. The van der Waals surface area contributed by atoms with E-state index < -0.39 is 36.3 Å². The third kappa shape index (κ3) is 6.05. The quantitative estimate of drug-likeness (QED) is 0.447. The molecule has 0 spiro atoms. The van der Waals surface area contributed by atoms with Gasteiger partial charge in [0.2, 0.25) is 5.91 Å². The summed E-state index contributed by atoms with van der Waals surface area (Å²) in [6.07, 6.45) is 4.29. The molecule has 5 nitrogen and oxygen atoms in total. The van der Waals surface area contributed by atoms with Crippen LogP contribution < -0.4 is 5.32 Å². The molecule has 3 fully saturated rings. The molecule has 3 saturated carbocycles. The van der Waals surface area contributed by atoms with Gasteiger partial charge in [0.1, 0.15) is 0 Å². The summed E-state index contributed by atoms with van der Waals surface area (Å²) in [5.74, 6) is 0.0824. The number of halogens is 3. The molecule has 8 heteroatoms. The third-order valence-electron chi connectivity index (χ3n) is 8.53. The van der Waals surface area contributed by atoms with Gasteiger partial charge in [0.25, 0.3) is 0 Å². The zero-order chi connectivity index (χ0) is 25.3. The van der Waals surface area contributed by atoms with Crippen molar-refractivity contribution in [2.75, 3.05) is 6.54 Å². The highest BCUT2D eigenvalue weighted by atomic mass is 19.4. The minimum atomic E-state index is -4.85. The lowest BCUT2D eigenvalue weighted by atomic mass is 9.61. The molecule has 0 aromatic rings. The molecule has 0 aromatic heterocycles. The van der Waals surface area contributed by atoms with E-state index in [0.29, 0.717) is 44.6 Å². The average Bonchev–Trinajstić information content (AvgIpc) is 3.06. The number of fused-ring (bicyclic) bond motifs is 1. The lowest BCUT2D eigenvalue weighted by Crippen LogP contribution is -2.47. The summed E-state index contributed by atoms with van der Waals surface area (Å²) < 4.78 is 38.6. The fourth-order valence-electron chi connectivity index (χ4n) is 6.64. The van der Waals surface area contributed by atoms with E-state index in [1.807, 2.05) is 6.92 Å². The van der Waals surface area contributed by atoms with Gasteiger partial charge in [0, 0.05) is 6.54 Å². The first-order chi connectivity index (χ1) is 15.7. The Hall–Kier alpha value is -1.38. The highest BCUT2D eigenvalue weighted by Crippen LogP contribution is 2.59. The maximum absolute atomic E-state index is 12.9. The van der Waals surface area contributed by atoms with Gasteiger partial charge in [-0.3, -0.25) is 4.79 Å². The molecule has 4 N–H and O–H groups in total. The standard InChI is InChI=1S/C26H40F3NO4/c1-16(15-30-23(33)14-25(3,34)26(27,28)29)21-8-9-22-18(5-4-10-24(21,22)2)7-6-17-11-19(31)13-20(32)12-17/h6-7,16,19-22,31-32,34H,4-5,8-15H2,1-3H3,(H,30,33)/b18-7+/t16-,19-,20-,21-,22+,24-,25-/m1/s1. The number of nitrogens with one attached hydrogen (secondary N) is 1. The first-order valence-electron chi connectivity index (χ1n) is 12.5.